The summed E-state index contributed by atoms with van der Waals surface area (Å²) in [6.07, 6.45) is -0.187. The Morgan fingerprint density at radius 3 is 2.86 bits per heavy atom. The number of aryl methyl sites for hydroxylation is 1. The zero-order chi connectivity index (χ0) is 14.4. The molecule has 1 aliphatic rings. The molecule has 21 heavy (non-hydrogen) atoms. The molecule has 0 aliphatic carbocycles. The number of nitrogens with zero attached hydrogens (tertiary/aromatic N) is 3. The van der Waals surface area contributed by atoms with Crippen LogP contribution in [-0.4, -0.2) is 15.5 Å². The number of benzene rings is 2. The number of para-hydroxylation sites is 2. The average Bonchev–Trinajstić information content (AvgIpc) is 2.84. The first kappa shape index (κ1) is 12.0. The Morgan fingerprint density at radius 1 is 1.14 bits per heavy atom. The van der Waals surface area contributed by atoms with Gasteiger partial charge in [-0.05, 0) is 24.6 Å². The van der Waals surface area contributed by atoms with Gasteiger partial charge in [-0.25, -0.2) is 9.98 Å². The number of guanidine groups is 1. The minimum Gasteiger partial charge on any atom is -0.370 e. The monoisotopic (exact) mass is 277 g/mol. The molecule has 0 spiro atoms. The summed E-state index contributed by atoms with van der Waals surface area (Å²) in [7, 11) is 0. The number of imidazole rings is 1. The number of aliphatic imine (C=N–C) groups is 1. The highest BCUT2D eigenvalue weighted by molar-refractivity contribution is 5.94. The van der Waals surface area contributed by atoms with Gasteiger partial charge in [0.2, 0.25) is 5.95 Å². The molecule has 4 rings (SSSR count). The van der Waals surface area contributed by atoms with E-state index < -0.39 is 0 Å². The average molecular weight is 277 g/mol. The first-order valence-electron chi connectivity index (χ1n) is 6.86. The van der Waals surface area contributed by atoms with Gasteiger partial charge in [-0.15, -0.1) is 0 Å². The van der Waals surface area contributed by atoms with Crippen LogP contribution >= 0.6 is 0 Å². The smallest absolute Gasteiger partial charge is 0.212 e. The fraction of sp³-hybridized carbons (Fsp3) is 0.125. The van der Waals surface area contributed by atoms with Crippen LogP contribution in [0.2, 0.25) is 0 Å². The van der Waals surface area contributed by atoms with Crippen molar-refractivity contribution in [2.75, 3.05) is 5.32 Å². The van der Waals surface area contributed by atoms with E-state index in [-0.39, 0.29) is 6.17 Å². The van der Waals surface area contributed by atoms with Gasteiger partial charge in [0.15, 0.2) is 12.1 Å². The van der Waals surface area contributed by atoms with Crippen molar-refractivity contribution in [3.8, 4) is 0 Å². The number of nitrogens with one attached hydrogen (secondary N) is 1. The van der Waals surface area contributed by atoms with Crippen molar-refractivity contribution in [1.29, 1.82) is 0 Å². The third-order valence-electron chi connectivity index (χ3n) is 3.68. The maximum Gasteiger partial charge on any atom is 0.212 e. The third kappa shape index (κ3) is 1.86. The molecule has 2 heterocycles. The van der Waals surface area contributed by atoms with Crippen LogP contribution in [0, 0.1) is 6.92 Å². The normalized spacial score (nSPS) is 17.2. The minimum absolute atomic E-state index is 0.187. The lowest BCUT2D eigenvalue weighted by Gasteiger charge is -2.24. The fourth-order valence-corrected chi connectivity index (χ4v) is 2.77. The molecule has 1 aromatic heterocycles. The highest BCUT2D eigenvalue weighted by Crippen LogP contribution is 2.32. The number of nitrogens with two attached hydrogens (primary N) is 1. The molecule has 5 nitrogen and oxygen atoms in total. The summed E-state index contributed by atoms with van der Waals surface area (Å²) in [6, 6.07) is 16.3. The first-order chi connectivity index (χ1) is 10.2. The Kier molecular flexibility index (Phi) is 2.47. The Balaban J connectivity index is 1.97. The number of anilines is 1. The van der Waals surface area contributed by atoms with E-state index in [1.165, 1.54) is 5.56 Å². The van der Waals surface area contributed by atoms with Gasteiger partial charge in [-0.3, -0.25) is 9.88 Å². The molecule has 0 unspecified atom stereocenters. The van der Waals surface area contributed by atoms with E-state index in [2.05, 4.69) is 45.0 Å². The van der Waals surface area contributed by atoms with E-state index >= 15 is 0 Å². The van der Waals surface area contributed by atoms with Crippen LogP contribution in [0.4, 0.5) is 5.95 Å². The third-order valence-corrected chi connectivity index (χ3v) is 3.68. The molecule has 0 saturated heterocycles. The summed E-state index contributed by atoms with van der Waals surface area (Å²) in [6.45, 7) is 2.07. The predicted molar refractivity (Wildman–Crippen MR) is 84.3 cm³/mol. The largest absolute Gasteiger partial charge is 0.370 e. The van der Waals surface area contributed by atoms with Crippen LogP contribution in [0.3, 0.4) is 0 Å². The number of hydrogen-bond donors (Lipinski definition) is 2. The quantitative estimate of drug-likeness (QED) is 0.718. The van der Waals surface area contributed by atoms with E-state index in [1.54, 1.807) is 0 Å². The number of rotatable bonds is 1. The SMILES string of the molecule is Cc1cccc([C@H]2N=C(N)Nc3nc4ccccc4n32)c1. The lowest BCUT2D eigenvalue weighted by atomic mass is 10.1. The van der Waals surface area contributed by atoms with Gasteiger partial charge in [0.1, 0.15) is 0 Å². The van der Waals surface area contributed by atoms with Gasteiger partial charge in [0.25, 0.3) is 0 Å². The number of fused-ring (bicyclic) bond motifs is 3. The lowest BCUT2D eigenvalue weighted by molar-refractivity contribution is 0.625. The van der Waals surface area contributed by atoms with Crippen molar-refractivity contribution >= 4 is 22.9 Å². The molecule has 3 aromatic rings. The molecule has 104 valence electrons. The van der Waals surface area contributed by atoms with Crippen molar-refractivity contribution in [2.45, 2.75) is 13.1 Å². The van der Waals surface area contributed by atoms with Gasteiger partial charge < -0.3 is 5.73 Å². The van der Waals surface area contributed by atoms with E-state index in [0.29, 0.717) is 5.96 Å². The van der Waals surface area contributed by atoms with Crippen LogP contribution in [0.25, 0.3) is 11.0 Å². The topological polar surface area (TPSA) is 68.2 Å². The van der Waals surface area contributed by atoms with E-state index in [0.717, 1.165) is 22.5 Å². The van der Waals surface area contributed by atoms with Gasteiger partial charge in [-0.2, -0.15) is 0 Å². The summed E-state index contributed by atoms with van der Waals surface area (Å²) in [4.78, 5) is 9.16. The Hall–Kier alpha value is -2.82. The van der Waals surface area contributed by atoms with Crippen LogP contribution < -0.4 is 11.1 Å². The molecule has 2 aromatic carbocycles. The molecule has 0 fully saturated rings. The van der Waals surface area contributed by atoms with Crippen LogP contribution in [-0.2, 0) is 0 Å². The van der Waals surface area contributed by atoms with Crippen molar-refractivity contribution in [3.63, 3.8) is 0 Å². The molecule has 3 N–H and O–H groups in total. The zero-order valence-corrected chi connectivity index (χ0v) is 11.6. The molecule has 0 radical (unpaired) electrons. The maximum atomic E-state index is 5.92. The van der Waals surface area contributed by atoms with Crippen LogP contribution in [0.5, 0.6) is 0 Å². The van der Waals surface area contributed by atoms with Gasteiger partial charge in [0, 0.05) is 0 Å². The van der Waals surface area contributed by atoms with E-state index in [1.807, 2.05) is 30.3 Å². The predicted octanol–water partition coefficient (Wildman–Crippen LogP) is 2.63. The highest BCUT2D eigenvalue weighted by atomic mass is 15.4. The van der Waals surface area contributed by atoms with Gasteiger partial charge >= 0.3 is 0 Å². The molecule has 0 saturated carbocycles. The van der Waals surface area contributed by atoms with Crippen molar-refractivity contribution in [3.05, 3.63) is 59.7 Å². The molecule has 1 aliphatic heterocycles. The summed E-state index contributed by atoms with van der Waals surface area (Å²) >= 11 is 0. The fourth-order valence-electron chi connectivity index (χ4n) is 2.77. The molecular formula is C16H15N5. The second-order valence-electron chi connectivity index (χ2n) is 5.22. The first-order valence-corrected chi connectivity index (χ1v) is 6.86. The van der Waals surface area contributed by atoms with Gasteiger partial charge in [-0.1, -0.05) is 42.0 Å². The van der Waals surface area contributed by atoms with Gasteiger partial charge in [0.05, 0.1) is 11.0 Å². The summed E-state index contributed by atoms with van der Waals surface area (Å²) in [5.74, 6) is 1.12. The van der Waals surface area contributed by atoms with E-state index in [9.17, 15) is 0 Å². The second kappa shape index (κ2) is 4.34. The molecule has 1 atom stereocenters. The van der Waals surface area contributed by atoms with Crippen LogP contribution in [0.15, 0.2) is 53.5 Å². The number of hydrogen-bond acceptors (Lipinski definition) is 4. The van der Waals surface area contributed by atoms with Crippen LogP contribution in [0.1, 0.15) is 17.3 Å². The Morgan fingerprint density at radius 2 is 2.00 bits per heavy atom. The molecule has 0 amide bonds. The zero-order valence-electron chi connectivity index (χ0n) is 11.6. The number of aromatic nitrogens is 2. The lowest BCUT2D eigenvalue weighted by Crippen LogP contribution is -2.31. The summed E-state index contributed by atoms with van der Waals surface area (Å²) in [5, 5.41) is 3.04. The summed E-state index contributed by atoms with van der Waals surface area (Å²) < 4.78 is 2.08. The minimum atomic E-state index is -0.187. The molecular weight excluding hydrogens is 262 g/mol. The van der Waals surface area contributed by atoms with Crippen molar-refractivity contribution < 1.29 is 0 Å². The Labute approximate surface area is 122 Å². The standard InChI is InChI=1S/C16H15N5/c1-10-5-4-6-11(9-10)14-19-15(17)20-16-18-12-7-2-3-8-13(12)21(14)16/h2-9,14H,1H3,(H3,17,18,19,20)/t14-/m0/s1. The highest BCUT2D eigenvalue weighted by Gasteiger charge is 2.24. The second-order valence-corrected chi connectivity index (χ2v) is 5.22. The maximum absolute atomic E-state index is 5.92. The van der Waals surface area contributed by atoms with Crippen molar-refractivity contribution in [1.82, 2.24) is 9.55 Å². The Bertz CT molecular complexity index is 862. The molecule has 5 heteroatoms. The van der Waals surface area contributed by atoms with E-state index in [4.69, 9.17) is 5.73 Å². The van der Waals surface area contributed by atoms with Crippen molar-refractivity contribution in [2.24, 2.45) is 10.7 Å². The molecule has 0 bridgehead atoms. The summed E-state index contributed by atoms with van der Waals surface area (Å²) in [5.41, 5.74) is 10.2.